The van der Waals surface area contributed by atoms with Crippen molar-refractivity contribution in [2.45, 2.75) is 19.9 Å². The highest BCUT2D eigenvalue weighted by Gasteiger charge is 2.39. The minimum Gasteiger partial charge on any atom is -0.334 e. The Kier molecular flexibility index (Phi) is 4.74. The van der Waals surface area contributed by atoms with E-state index in [4.69, 9.17) is 26.6 Å². The van der Waals surface area contributed by atoms with E-state index in [1.807, 2.05) is 18.6 Å². The molecule has 2 heterocycles. The Labute approximate surface area is 150 Å². The minimum atomic E-state index is -2.58. The fourth-order valence-electron chi connectivity index (χ4n) is 2.82. The van der Waals surface area contributed by atoms with Gasteiger partial charge in [0.2, 0.25) is 0 Å². The quantitative estimate of drug-likeness (QED) is 0.767. The summed E-state index contributed by atoms with van der Waals surface area (Å²) in [5, 5.41) is 14.2. The molecule has 1 aromatic carbocycles. The summed E-state index contributed by atoms with van der Waals surface area (Å²) in [5.74, 6) is 0.913. The number of fused-ring (bicyclic) bond motifs is 1. The van der Waals surface area contributed by atoms with Gasteiger partial charge in [-0.3, -0.25) is 0 Å². The van der Waals surface area contributed by atoms with Crippen molar-refractivity contribution in [3.05, 3.63) is 41.3 Å². The molecule has 0 saturated heterocycles. The van der Waals surface area contributed by atoms with Crippen LogP contribution in [-0.2, 0) is 22.9 Å². The first-order valence-electron chi connectivity index (χ1n) is 7.62. The van der Waals surface area contributed by atoms with Crippen LogP contribution in [0.5, 0.6) is 0 Å². The van der Waals surface area contributed by atoms with Crippen LogP contribution < -0.4 is 5.30 Å². The largest absolute Gasteiger partial charge is 0.334 e. The number of halogens is 1. The SMILES string of the molecule is CO[P@]1(=S)c2c(C)nn(CCC#N)c2N=C(c2ccc(F)cc2)N1C. The smallest absolute Gasteiger partial charge is 0.192 e. The Bertz CT molecular complexity index is 931. The number of aryl methyl sites for hydroxylation is 2. The molecule has 0 unspecified atom stereocenters. The zero-order chi connectivity index (χ0) is 18.2. The first-order chi connectivity index (χ1) is 11.9. The summed E-state index contributed by atoms with van der Waals surface area (Å²) in [5.41, 5.74) is 1.50. The number of amidine groups is 1. The maximum Gasteiger partial charge on any atom is 0.192 e. The second-order valence-corrected chi connectivity index (χ2v) is 9.50. The van der Waals surface area contributed by atoms with E-state index in [1.54, 1.807) is 23.9 Å². The highest BCUT2D eigenvalue weighted by molar-refractivity contribution is 8.15. The summed E-state index contributed by atoms with van der Waals surface area (Å²) >= 11 is 5.89. The van der Waals surface area contributed by atoms with Crippen molar-refractivity contribution in [2.24, 2.45) is 4.99 Å². The van der Waals surface area contributed by atoms with Gasteiger partial charge in [-0.1, -0.05) is 0 Å². The lowest BCUT2D eigenvalue weighted by atomic mass is 10.2. The van der Waals surface area contributed by atoms with Gasteiger partial charge in [-0.05, 0) is 43.0 Å². The number of hydrogen-bond donors (Lipinski definition) is 0. The molecule has 0 amide bonds. The van der Waals surface area contributed by atoms with Crippen LogP contribution in [0, 0.1) is 24.1 Å². The molecule has 0 radical (unpaired) electrons. The van der Waals surface area contributed by atoms with Crippen molar-refractivity contribution in [3.63, 3.8) is 0 Å². The third-order valence-electron chi connectivity index (χ3n) is 4.05. The lowest BCUT2D eigenvalue weighted by molar-refractivity contribution is 0.438. The second kappa shape index (κ2) is 6.68. The molecular formula is C16H17FN5OPS. The van der Waals surface area contributed by atoms with Gasteiger partial charge in [-0.15, -0.1) is 0 Å². The first-order valence-corrected chi connectivity index (χ1v) is 10.3. The molecule has 0 aliphatic carbocycles. The lowest BCUT2D eigenvalue weighted by Gasteiger charge is -2.36. The molecule has 0 N–H and O–H groups in total. The highest BCUT2D eigenvalue weighted by atomic mass is 32.4. The Morgan fingerprint density at radius 2 is 2.04 bits per heavy atom. The molecule has 1 aliphatic rings. The van der Waals surface area contributed by atoms with Crippen molar-refractivity contribution in [2.75, 3.05) is 14.2 Å². The van der Waals surface area contributed by atoms with Crippen molar-refractivity contribution < 1.29 is 8.91 Å². The minimum absolute atomic E-state index is 0.315. The van der Waals surface area contributed by atoms with Gasteiger partial charge < -0.3 is 9.19 Å². The predicted octanol–water partition coefficient (Wildman–Crippen LogP) is 2.85. The highest BCUT2D eigenvalue weighted by Crippen LogP contribution is 2.54. The summed E-state index contributed by atoms with van der Waals surface area (Å²) in [6, 6.07) is 8.21. The van der Waals surface area contributed by atoms with Crippen LogP contribution in [0.25, 0.3) is 0 Å². The van der Waals surface area contributed by atoms with Crippen molar-refractivity contribution in [3.8, 4) is 6.07 Å². The summed E-state index contributed by atoms with van der Waals surface area (Å²) in [7, 11) is 3.42. The molecule has 2 aromatic rings. The number of aliphatic imine (C=N–C) groups is 1. The Balaban J connectivity index is 2.22. The van der Waals surface area contributed by atoms with Crippen molar-refractivity contribution in [1.82, 2.24) is 14.5 Å². The van der Waals surface area contributed by atoms with Crippen LogP contribution in [-0.4, -0.2) is 34.4 Å². The van der Waals surface area contributed by atoms with E-state index in [9.17, 15) is 4.39 Å². The number of benzene rings is 1. The molecule has 0 spiro atoms. The molecule has 6 nitrogen and oxygen atoms in total. The van der Waals surface area contributed by atoms with Crippen LogP contribution in [0.2, 0.25) is 0 Å². The molecule has 9 heteroatoms. The molecule has 3 rings (SSSR count). The average molecular weight is 377 g/mol. The first kappa shape index (κ1) is 17.7. The van der Waals surface area contributed by atoms with E-state index in [2.05, 4.69) is 11.2 Å². The van der Waals surface area contributed by atoms with Gasteiger partial charge in [0.15, 0.2) is 12.2 Å². The number of nitriles is 1. The maximum absolute atomic E-state index is 13.3. The van der Waals surface area contributed by atoms with E-state index < -0.39 is 6.42 Å². The number of nitrogens with zero attached hydrogens (tertiary/aromatic N) is 5. The van der Waals surface area contributed by atoms with E-state index in [1.165, 1.54) is 12.1 Å². The fraction of sp³-hybridized carbons (Fsp3) is 0.312. The molecule has 0 bridgehead atoms. The average Bonchev–Trinajstić information content (AvgIpc) is 2.93. The Hall–Kier alpha value is -2.07. The van der Waals surface area contributed by atoms with Gasteiger partial charge >= 0.3 is 0 Å². The van der Waals surface area contributed by atoms with Gasteiger partial charge in [0.25, 0.3) is 0 Å². The molecule has 1 atom stereocenters. The molecule has 130 valence electrons. The van der Waals surface area contributed by atoms with Crippen LogP contribution in [0.1, 0.15) is 17.7 Å². The van der Waals surface area contributed by atoms with Crippen LogP contribution in [0.15, 0.2) is 29.3 Å². The van der Waals surface area contributed by atoms with Crippen LogP contribution >= 0.6 is 6.42 Å². The zero-order valence-corrected chi connectivity index (χ0v) is 15.8. The van der Waals surface area contributed by atoms with E-state index in [-0.39, 0.29) is 5.82 Å². The van der Waals surface area contributed by atoms with E-state index in [0.29, 0.717) is 24.6 Å². The van der Waals surface area contributed by atoms with Gasteiger partial charge in [0, 0.05) is 19.7 Å². The second-order valence-electron chi connectivity index (χ2n) is 5.56. The van der Waals surface area contributed by atoms with E-state index >= 15 is 0 Å². The molecule has 1 aliphatic heterocycles. The summed E-state index contributed by atoms with van der Waals surface area (Å²) in [6.45, 7) is 2.30. The predicted molar refractivity (Wildman–Crippen MR) is 98.5 cm³/mol. The van der Waals surface area contributed by atoms with Gasteiger partial charge in [-0.25, -0.2) is 14.1 Å². The summed E-state index contributed by atoms with van der Waals surface area (Å²) in [6.07, 6.45) is -2.26. The third kappa shape index (κ3) is 2.89. The van der Waals surface area contributed by atoms with Crippen LogP contribution in [0.3, 0.4) is 0 Å². The van der Waals surface area contributed by atoms with Gasteiger partial charge in [-0.2, -0.15) is 10.4 Å². The monoisotopic (exact) mass is 377 g/mol. The van der Waals surface area contributed by atoms with Gasteiger partial charge in [0.05, 0.1) is 30.0 Å². The lowest BCUT2D eigenvalue weighted by Crippen LogP contribution is -2.34. The summed E-state index contributed by atoms with van der Waals surface area (Å²) < 4.78 is 22.6. The Morgan fingerprint density at radius 1 is 1.36 bits per heavy atom. The molecular weight excluding hydrogens is 360 g/mol. The molecule has 0 saturated carbocycles. The molecule has 25 heavy (non-hydrogen) atoms. The summed E-state index contributed by atoms with van der Waals surface area (Å²) in [4.78, 5) is 4.74. The maximum atomic E-state index is 13.3. The number of aromatic nitrogens is 2. The Morgan fingerprint density at radius 3 is 2.64 bits per heavy atom. The standard InChI is InChI=1S/C16H17FN5OPS/c1-11-14-16(22(20-11)10-4-9-18)19-15(21(2)24(14,25)23-3)12-5-7-13(17)8-6-12/h5-8H,4,10H2,1-3H3/t24-/m0/s1. The number of hydrogen-bond acceptors (Lipinski definition) is 5. The van der Waals surface area contributed by atoms with Crippen molar-refractivity contribution >= 4 is 35.2 Å². The number of rotatable bonds is 4. The van der Waals surface area contributed by atoms with Gasteiger partial charge in [0.1, 0.15) is 11.7 Å². The van der Waals surface area contributed by atoms with Crippen LogP contribution in [0.4, 0.5) is 10.2 Å². The van der Waals surface area contributed by atoms with Crippen molar-refractivity contribution in [1.29, 1.82) is 5.26 Å². The normalized spacial score (nSPS) is 19.3. The fourth-order valence-corrected chi connectivity index (χ4v) is 5.71. The molecule has 0 fully saturated rings. The molecule has 1 aromatic heterocycles. The topological polar surface area (TPSA) is 66.4 Å². The zero-order valence-electron chi connectivity index (χ0n) is 14.1. The van der Waals surface area contributed by atoms with E-state index in [0.717, 1.165) is 16.6 Å². The third-order valence-corrected chi connectivity index (χ3v) is 8.34.